The number of hydrogen-bond acceptors (Lipinski definition) is 3. The number of rotatable bonds is 3. The van der Waals surface area contributed by atoms with Gasteiger partial charge in [0.1, 0.15) is 11.6 Å². The van der Waals surface area contributed by atoms with Crippen LogP contribution >= 0.6 is 11.9 Å². The Kier molecular flexibility index (Phi) is 3.34. The summed E-state index contributed by atoms with van der Waals surface area (Å²) in [4.78, 5) is 0. The largest absolute Gasteiger partial charge is 0.727 e. The zero-order valence-corrected chi connectivity index (χ0v) is 6.66. The van der Waals surface area contributed by atoms with E-state index in [4.69, 9.17) is 16.9 Å². The van der Waals surface area contributed by atoms with E-state index in [-0.39, 0.29) is 11.6 Å². The minimum absolute atomic E-state index is 0.268. The lowest BCUT2D eigenvalue weighted by molar-refractivity contribution is 0.310. The molecular weight excluding hydrogens is 185 g/mol. The van der Waals surface area contributed by atoms with Crippen molar-refractivity contribution in [3.05, 3.63) is 30.1 Å². The van der Waals surface area contributed by atoms with E-state index in [0.29, 0.717) is 0 Å². The highest BCUT2D eigenvalue weighted by atomic mass is 35.5. The molecule has 0 saturated carbocycles. The number of hydrogen-bond donors (Lipinski definition) is 1. The zero-order chi connectivity index (χ0) is 8.97. The smallest absolute Gasteiger partial charge is 0.511 e. The molecule has 0 spiro atoms. The van der Waals surface area contributed by atoms with Crippen LogP contribution in [0.1, 0.15) is 0 Å². The summed E-state index contributed by atoms with van der Waals surface area (Å²) in [6.45, 7) is 0. The molecule has 0 fully saturated rings. The quantitative estimate of drug-likeness (QED) is 0.731. The van der Waals surface area contributed by atoms with Crippen LogP contribution < -0.4 is 4.65 Å². The van der Waals surface area contributed by atoms with Crippen LogP contribution in [0.4, 0.5) is 4.39 Å². The van der Waals surface area contributed by atoms with Crippen LogP contribution in [0.3, 0.4) is 0 Å². The average molecular weight is 190 g/mol. The fourth-order valence-electron chi connectivity index (χ4n) is 0.648. The maximum Gasteiger partial charge on any atom is 0.727 e. The molecule has 0 radical (unpaired) electrons. The van der Waals surface area contributed by atoms with Gasteiger partial charge in [-0.2, -0.15) is 0 Å². The van der Waals surface area contributed by atoms with Gasteiger partial charge >= 0.3 is 7.32 Å². The van der Waals surface area contributed by atoms with Gasteiger partial charge in [0.15, 0.2) is 0 Å². The Morgan fingerprint density at radius 2 is 1.92 bits per heavy atom. The highest BCUT2D eigenvalue weighted by Gasteiger charge is 2.17. The van der Waals surface area contributed by atoms with E-state index in [1.807, 2.05) is 0 Å². The SMILES string of the molecule is OB(OCl)Oc1ccc(F)cc1. The lowest BCUT2D eigenvalue weighted by atomic mass is 10.2. The van der Waals surface area contributed by atoms with Crippen molar-refractivity contribution in [1.29, 1.82) is 0 Å². The average Bonchev–Trinajstić information content (AvgIpc) is 2.09. The van der Waals surface area contributed by atoms with Crippen LogP contribution in [-0.2, 0) is 4.21 Å². The first kappa shape index (κ1) is 9.31. The predicted molar refractivity (Wildman–Crippen MR) is 41.9 cm³/mol. The zero-order valence-electron chi connectivity index (χ0n) is 5.91. The summed E-state index contributed by atoms with van der Waals surface area (Å²) >= 11 is 4.78. The monoisotopic (exact) mass is 190 g/mol. The molecule has 12 heavy (non-hydrogen) atoms. The highest BCUT2D eigenvalue weighted by Crippen LogP contribution is 2.11. The molecule has 0 saturated heterocycles. The van der Waals surface area contributed by atoms with E-state index in [1.54, 1.807) is 0 Å². The van der Waals surface area contributed by atoms with Gasteiger partial charge < -0.3 is 9.68 Å². The summed E-state index contributed by atoms with van der Waals surface area (Å²) in [7, 11) is -1.54. The molecule has 0 unspecified atom stereocenters. The van der Waals surface area contributed by atoms with Gasteiger partial charge in [-0.25, -0.2) is 4.39 Å². The minimum atomic E-state index is -1.54. The molecule has 1 aromatic rings. The third-order valence-electron chi connectivity index (χ3n) is 1.13. The van der Waals surface area contributed by atoms with Gasteiger partial charge in [0.05, 0.1) is 0 Å². The van der Waals surface area contributed by atoms with E-state index in [9.17, 15) is 4.39 Å². The molecule has 6 heteroatoms. The van der Waals surface area contributed by atoms with Gasteiger partial charge in [0.25, 0.3) is 0 Å². The molecule has 64 valence electrons. The fourth-order valence-corrected chi connectivity index (χ4v) is 0.684. The maximum atomic E-state index is 12.3. The predicted octanol–water partition coefficient (Wildman–Crippen LogP) is 1.35. The third kappa shape index (κ3) is 2.69. The third-order valence-corrected chi connectivity index (χ3v) is 1.28. The molecule has 0 atom stereocenters. The first-order valence-electron chi connectivity index (χ1n) is 3.10. The van der Waals surface area contributed by atoms with Crippen molar-refractivity contribution in [3.8, 4) is 5.75 Å². The van der Waals surface area contributed by atoms with Gasteiger partial charge in [-0.1, -0.05) is 0 Å². The highest BCUT2D eigenvalue weighted by molar-refractivity contribution is 6.42. The fraction of sp³-hybridized carbons (Fsp3) is 0. The summed E-state index contributed by atoms with van der Waals surface area (Å²) < 4.78 is 20.9. The van der Waals surface area contributed by atoms with Crippen molar-refractivity contribution < 1.29 is 18.3 Å². The first-order valence-corrected chi connectivity index (χ1v) is 3.41. The van der Waals surface area contributed by atoms with Crippen molar-refractivity contribution in [2.75, 3.05) is 0 Å². The summed E-state index contributed by atoms with van der Waals surface area (Å²) in [6.07, 6.45) is 0. The van der Waals surface area contributed by atoms with Crippen LogP contribution in [0.25, 0.3) is 0 Å². The summed E-state index contributed by atoms with van der Waals surface area (Å²) in [5.41, 5.74) is 0. The van der Waals surface area contributed by atoms with Crippen LogP contribution in [0.15, 0.2) is 24.3 Å². The lowest BCUT2D eigenvalue weighted by Gasteiger charge is -2.04. The summed E-state index contributed by atoms with van der Waals surface area (Å²) in [6, 6.07) is 5.06. The second-order valence-corrected chi connectivity index (χ2v) is 2.15. The first-order chi connectivity index (χ1) is 5.72. The van der Waals surface area contributed by atoms with Gasteiger partial charge in [0.2, 0.25) is 0 Å². The Labute approximate surface area is 74.0 Å². The number of benzene rings is 1. The van der Waals surface area contributed by atoms with Gasteiger partial charge in [0, 0.05) is 11.9 Å². The lowest BCUT2D eigenvalue weighted by Crippen LogP contribution is -2.21. The normalized spacial score (nSPS) is 9.58. The van der Waals surface area contributed by atoms with E-state index < -0.39 is 7.32 Å². The molecule has 1 N–H and O–H groups in total. The summed E-state index contributed by atoms with van der Waals surface area (Å²) in [5.74, 6) is -0.117. The molecule has 1 rings (SSSR count). The Morgan fingerprint density at radius 1 is 1.33 bits per heavy atom. The number of halogens is 2. The van der Waals surface area contributed by atoms with Crippen molar-refractivity contribution in [1.82, 2.24) is 0 Å². The Bertz CT molecular complexity index is 243. The second kappa shape index (κ2) is 4.30. The van der Waals surface area contributed by atoms with Crippen LogP contribution in [-0.4, -0.2) is 12.3 Å². The molecule has 3 nitrogen and oxygen atoms in total. The van der Waals surface area contributed by atoms with E-state index in [0.717, 1.165) is 0 Å². The Hall–Kier alpha value is -0.775. The molecule has 0 bridgehead atoms. The molecule has 0 heterocycles. The van der Waals surface area contributed by atoms with Crippen molar-refractivity contribution in [3.63, 3.8) is 0 Å². The Morgan fingerprint density at radius 3 is 2.42 bits per heavy atom. The van der Waals surface area contributed by atoms with Gasteiger partial charge in [-0.05, 0) is 24.3 Å². The molecule has 0 aromatic heterocycles. The van der Waals surface area contributed by atoms with Crippen molar-refractivity contribution in [2.45, 2.75) is 0 Å². The minimum Gasteiger partial charge on any atom is -0.511 e. The van der Waals surface area contributed by atoms with E-state index in [2.05, 4.69) is 8.86 Å². The van der Waals surface area contributed by atoms with Gasteiger partial charge in [-0.15, -0.1) is 0 Å². The van der Waals surface area contributed by atoms with Crippen LogP contribution in [0, 0.1) is 5.82 Å². The van der Waals surface area contributed by atoms with E-state index in [1.165, 1.54) is 24.3 Å². The second-order valence-electron chi connectivity index (χ2n) is 1.97. The van der Waals surface area contributed by atoms with Gasteiger partial charge in [-0.3, -0.25) is 4.21 Å². The Balaban J connectivity index is 2.58. The standard InChI is InChI=1S/C6H5BClFO3/c8-12-7(10)11-6-3-1-5(9)2-4-6/h1-4,10H. The van der Waals surface area contributed by atoms with Crippen molar-refractivity contribution in [2.24, 2.45) is 0 Å². The molecule has 0 aliphatic heterocycles. The molecule has 1 aromatic carbocycles. The van der Waals surface area contributed by atoms with Crippen LogP contribution in [0.2, 0.25) is 0 Å². The summed E-state index contributed by atoms with van der Waals surface area (Å²) in [5, 5.41) is 8.71. The molecule has 0 aliphatic carbocycles. The maximum absolute atomic E-state index is 12.3. The van der Waals surface area contributed by atoms with Crippen molar-refractivity contribution >= 4 is 19.2 Å². The molecule has 0 aliphatic rings. The molecular formula is C6H5BClFO3. The van der Waals surface area contributed by atoms with E-state index >= 15 is 0 Å². The molecule has 0 amide bonds. The topological polar surface area (TPSA) is 38.7 Å². The van der Waals surface area contributed by atoms with Crippen LogP contribution in [0.5, 0.6) is 5.75 Å².